The highest BCUT2D eigenvalue weighted by molar-refractivity contribution is 5.99. The molecular formula is C46H57N11O7. The van der Waals surface area contributed by atoms with Gasteiger partial charge in [0.25, 0.3) is 5.91 Å². The zero-order valence-electron chi connectivity index (χ0n) is 36.8. The summed E-state index contributed by atoms with van der Waals surface area (Å²) in [6.07, 6.45) is 1.42. The van der Waals surface area contributed by atoms with Crippen molar-refractivity contribution in [3.63, 3.8) is 0 Å². The van der Waals surface area contributed by atoms with Gasteiger partial charge in [-0.05, 0) is 66.3 Å². The van der Waals surface area contributed by atoms with Crippen LogP contribution in [0.2, 0.25) is 0 Å². The Hall–Kier alpha value is -6.94. The van der Waals surface area contributed by atoms with Gasteiger partial charge < -0.3 is 52.8 Å². The summed E-state index contributed by atoms with van der Waals surface area (Å²) >= 11 is 0. The Kier molecular flexibility index (Phi) is 16.5. The molecule has 0 spiro atoms. The van der Waals surface area contributed by atoms with Crippen LogP contribution in [0.5, 0.6) is 11.5 Å². The fraction of sp³-hybridized carbons (Fsp3) is 0.391. The first kappa shape index (κ1) is 48.1. The molecule has 338 valence electrons. The van der Waals surface area contributed by atoms with Gasteiger partial charge in [-0.3, -0.25) is 24.0 Å². The van der Waals surface area contributed by atoms with Gasteiger partial charge in [-0.1, -0.05) is 57.2 Å². The number of carbonyl (C=O) groups is 5. The molecule has 4 bridgehead atoms. The molecule has 10 N–H and O–H groups in total. The number of rotatable bonds is 15. The number of hydrogen-bond donors (Lipinski definition) is 7. The molecule has 1 aromatic heterocycles. The van der Waals surface area contributed by atoms with Gasteiger partial charge in [0.05, 0.1) is 23.9 Å². The van der Waals surface area contributed by atoms with Gasteiger partial charge in [-0.25, -0.2) is 9.97 Å². The first-order valence-electron chi connectivity index (χ1n) is 21.0. The van der Waals surface area contributed by atoms with Crippen molar-refractivity contribution in [1.82, 2.24) is 36.1 Å². The Morgan fingerprint density at radius 3 is 2.22 bits per heavy atom. The van der Waals surface area contributed by atoms with Crippen LogP contribution in [0.1, 0.15) is 66.0 Å². The van der Waals surface area contributed by atoms with Gasteiger partial charge in [0.2, 0.25) is 23.6 Å². The fourth-order valence-electron chi connectivity index (χ4n) is 7.17. The number of amides is 5. The number of benzene rings is 3. The molecule has 18 nitrogen and oxygen atoms in total. The minimum atomic E-state index is -1.39. The van der Waals surface area contributed by atoms with E-state index in [4.69, 9.17) is 31.9 Å². The molecule has 5 rings (SSSR count). The summed E-state index contributed by atoms with van der Waals surface area (Å²) in [4.78, 5) is 79.6. The number of aryl methyl sites for hydroxylation is 1. The predicted molar refractivity (Wildman–Crippen MR) is 240 cm³/mol. The molecule has 3 atom stereocenters. The largest absolute Gasteiger partial charge is 0.492 e. The lowest BCUT2D eigenvalue weighted by Gasteiger charge is -2.32. The number of ether oxygens (including phenoxy) is 2. The Morgan fingerprint density at radius 2 is 1.61 bits per heavy atom. The van der Waals surface area contributed by atoms with Crippen molar-refractivity contribution in [3.05, 3.63) is 94.8 Å². The highest BCUT2D eigenvalue weighted by Crippen LogP contribution is 2.40. The lowest BCUT2D eigenvalue weighted by atomic mass is 9.87. The number of carbonyl (C=O) groups excluding carboxylic acids is 5. The Balaban J connectivity index is 1.53. The number of nitrogens with two attached hydrogens (primary N) is 3. The first-order chi connectivity index (χ1) is 30.6. The molecule has 1 aliphatic heterocycles. The highest BCUT2D eigenvalue weighted by atomic mass is 16.5. The molecule has 5 amide bonds. The summed E-state index contributed by atoms with van der Waals surface area (Å²) in [7, 11) is 1.41. The van der Waals surface area contributed by atoms with Crippen LogP contribution in [-0.4, -0.2) is 109 Å². The molecule has 18 heteroatoms. The first-order valence-corrected chi connectivity index (χ1v) is 21.0. The molecule has 64 heavy (non-hydrogen) atoms. The van der Waals surface area contributed by atoms with E-state index >= 15 is 0 Å². The number of likely N-dealkylation sites (N-methyl/N-ethyl adjacent to an activating group) is 1. The van der Waals surface area contributed by atoms with Crippen LogP contribution in [0.3, 0.4) is 0 Å². The van der Waals surface area contributed by atoms with Crippen molar-refractivity contribution < 1.29 is 33.4 Å². The molecule has 1 aliphatic rings. The van der Waals surface area contributed by atoms with E-state index < -0.39 is 54.2 Å². The predicted octanol–water partition coefficient (Wildman–Crippen LogP) is 1.54. The third kappa shape index (κ3) is 11.9. The minimum Gasteiger partial charge on any atom is -0.492 e. The lowest BCUT2D eigenvalue weighted by molar-refractivity contribution is -0.141. The van der Waals surface area contributed by atoms with Crippen molar-refractivity contribution in [1.29, 1.82) is 5.26 Å². The minimum absolute atomic E-state index is 0.00287. The smallest absolute Gasteiger partial charge is 0.255 e. The van der Waals surface area contributed by atoms with E-state index in [2.05, 4.69) is 52.0 Å². The van der Waals surface area contributed by atoms with Crippen LogP contribution in [-0.2, 0) is 31.0 Å². The number of hydrogen-bond acceptors (Lipinski definition) is 13. The van der Waals surface area contributed by atoms with Crippen molar-refractivity contribution in [3.8, 4) is 40.1 Å². The monoisotopic (exact) mass is 875 g/mol. The van der Waals surface area contributed by atoms with E-state index in [0.29, 0.717) is 45.3 Å². The molecule has 0 fully saturated rings. The van der Waals surface area contributed by atoms with Crippen molar-refractivity contribution in [2.75, 3.05) is 53.0 Å². The van der Waals surface area contributed by atoms with Crippen molar-refractivity contribution in [2.45, 2.75) is 64.1 Å². The van der Waals surface area contributed by atoms with Gasteiger partial charge in [-0.2, -0.15) is 5.26 Å². The summed E-state index contributed by atoms with van der Waals surface area (Å²) in [5, 5.41) is 19.6. The number of nitrogens with zero attached hydrogens (tertiary/aromatic N) is 4. The number of fused-ring (bicyclic) bond motifs is 5. The van der Waals surface area contributed by atoms with E-state index in [9.17, 15) is 24.0 Å². The Morgan fingerprint density at radius 1 is 0.953 bits per heavy atom. The summed E-state index contributed by atoms with van der Waals surface area (Å²) < 4.78 is 12.1. The van der Waals surface area contributed by atoms with E-state index in [1.54, 1.807) is 43.3 Å². The maximum Gasteiger partial charge on any atom is 0.255 e. The summed E-state index contributed by atoms with van der Waals surface area (Å²) in [6, 6.07) is 16.1. The highest BCUT2D eigenvalue weighted by Gasteiger charge is 2.35. The maximum atomic E-state index is 14.6. The molecular weight excluding hydrogens is 819 g/mol. The molecule has 4 aromatic rings. The molecule has 0 aliphatic carbocycles. The number of aromatic nitrogens is 2. The second kappa shape index (κ2) is 21.9. The normalized spacial score (nSPS) is 15.6. The van der Waals surface area contributed by atoms with E-state index in [1.807, 2.05) is 30.3 Å². The Labute approximate surface area is 372 Å². The molecule has 0 radical (unpaired) electrons. The molecule has 3 aromatic carbocycles. The van der Waals surface area contributed by atoms with Gasteiger partial charge in [0.15, 0.2) is 5.82 Å². The number of nitrogens with one attached hydrogen (secondary N) is 4. The SMILES string of the molecule is Cc1nc(-c2ccc(C(C)(C)C)cc2)ncc1C(=O)NC(CCN)C(=O)N(C)[C@@H]1C(=O)NCC(=O)N[C@H](C(=O)NCC#N)Cc2ccc(OCCN)c(c2)-c2cc1ccc2OCCN. The molecule has 2 heterocycles. The second-order valence-corrected chi connectivity index (χ2v) is 16.3. The van der Waals surface area contributed by atoms with Crippen LogP contribution in [0, 0.1) is 18.3 Å². The quantitative estimate of drug-likeness (QED) is 0.0836. The van der Waals surface area contributed by atoms with Crippen LogP contribution in [0.25, 0.3) is 22.5 Å². The van der Waals surface area contributed by atoms with Crippen molar-refractivity contribution >= 4 is 29.5 Å². The maximum absolute atomic E-state index is 14.6. The number of nitriles is 1. The van der Waals surface area contributed by atoms with Gasteiger partial charge in [0, 0.05) is 49.4 Å². The van der Waals surface area contributed by atoms with Crippen LogP contribution in [0.4, 0.5) is 0 Å². The van der Waals surface area contributed by atoms with Crippen molar-refractivity contribution in [2.24, 2.45) is 17.2 Å². The summed E-state index contributed by atoms with van der Waals surface area (Å²) in [5.41, 5.74) is 21.9. The zero-order chi connectivity index (χ0) is 46.6. The average Bonchev–Trinajstić information content (AvgIpc) is 3.27. The van der Waals surface area contributed by atoms with E-state index in [1.165, 1.54) is 18.1 Å². The fourth-order valence-corrected chi connectivity index (χ4v) is 7.17. The van der Waals surface area contributed by atoms with Gasteiger partial charge in [-0.15, -0.1) is 0 Å². The average molecular weight is 876 g/mol. The third-order valence-electron chi connectivity index (χ3n) is 10.5. The van der Waals surface area contributed by atoms with Crippen LogP contribution < -0.4 is 47.9 Å². The topological polar surface area (TPSA) is 283 Å². The van der Waals surface area contributed by atoms with E-state index in [-0.39, 0.29) is 63.2 Å². The molecule has 1 unspecified atom stereocenters. The molecule has 0 saturated carbocycles. The van der Waals surface area contributed by atoms with Gasteiger partial charge in [0.1, 0.15) is 49.4 Å². The Bertz CT molecular complexity index is 2380. The third-order valence-corrected chi connectivity index (χ3v) is 10.5. The lowest BCUT2D eigenvalue weighted by Crippen LogP contribution is -2.53. The zero-order valence-corrected chi connectivity index (χ0v) is 36.8. The standard InChI is InChI=1S/C46H57N11O7/c1-27-34(25-52-41(54-27)29-7-10-31(11-8-29)46(2,3)4)42(59)56-35(14-15-47)45(62)57(5)40-30-9-13-38(64-21-18-50)33(24-30)32-22-28(6-12-37(32)63-20-17-49)23-36(43(60)51-19-16-48)55-39(58)26-53-44(40)61/h6-13,22,24-25,35-36,40H,14-15,17-21,23,26,47,49-50H2,1-5H3,(H,51,60)(H,53,61)(H,55,58)(H,56,59)/t35?,36-,40-/m0/s1. The van der Waals surface area contributed by atoms with Crippen LogP contribution in [0.15, 0.2) is 66.9 Å². The van der Waals surface area contributed by atoms with Crippen LogP contribution >= 0.6 is 0 Å². The molecule has 0 saturated heterocycles. The second-order valence-electron chi connectivity index (χ2n) is 16.3. The summed E-state index contributed by atoms with van der Waals surface area (Å²) in [5.74, 6) is -2.16. The summed E-state index contributed by atoms with van der Waals surface area (Å²) in [6.45, 7) is 7.85. The van der Waals surface area contributed by atoms with E-state index in [0.717, 1.165) is 11.1 Å². The van der Waals surface area contributed by atoms with Gasteiger partial charge >= 0.3 is 0 Å².